The Balaban J connectivity index is 2.84. The van der Waals surface area contributed by atoms with E-state index in [0.717, 1.165) is 11.3 Å². The van der Waals surface area contributed by atoms with Crippen LogP contribution in [0.25, 0.3) is 0 Å². The summed E-state index contributed by atoms with van der Waals surface area (Å²) in [7, 11) is 0. The van der Waals surface area contributed by atoms with E-state index in [9.17, 15) is 4.79 Å². The standard InChI is InChI=1S/C15H21NO/c1-5-6-11-14(17)16-13-10-8-7-9-12(13)15(2,3)4/h5,7-10H,1,6,11H2,2-4H3,(H,16,17). The van der Waals surface area contributed by atoms with Crippen LogP contribution in [0.1, 0.15) is 39.2 Å². The topological polar surface area (TPSA) is 29.1 Å². The van der Waals surface area contributed by atoms with Gasteiger partial charge in [-0.3, -0.25) is 4.79 Å². The molecule has 0 bridgehead atoms. The summed E-state index contributed by atoms with van der Waals surface area (Å²) >= 11 is 0. The van der Waals surface area contributed by atoms with Crippen molar-refractivity contribution >= 4 is 11.6 Å². The molecule has 1 amide bonds. The number of carbonyl (C=O) groups excluding carboxylic acids is 1. The molecule has 1 aromatic carbocycles. The van der Waals surface area contributed by atoms with Crippen LogP contribution in [-0.2, 0) is 10.2 Å². The molecule has 17 heavy (non-hydrogen) atoms. The van der Waals surface area contributed by atoms with E-state index >= 15 is 0 Å². The third kappa shape index (κ3) is 4.06. The van der Waals surface area contributed by atoms with E-state index < -0.39 is 0 Å². The van der Waals surface area contributed by atoms with E-state index in [2.05, 4.69) is 38.7 Å². The van der Waals surface area contributed by atoms with Crippen LogP contribution in [0.2, 0.25) is 0 Å². The van der Waals surface area contributed by atoms with Crippen molar-refractivity contribution in [1.82, 2.24) is 0 Å². The van der Waals surface area contributed by atoms with Gasteiger partial charge in [0, 0.05) is 12.1 Å². The average molecular weight is 231 g/mol. The molecular weight excluding hydrogens is 210 g/mol. The molecule has 0 unspecified atom stereocenters. The lowest BCUT2D eigenvalue weighted by molar-refractivity contribution is -0.116. The second kappa shape index (κ2) is 5.67. The highest BCUT2D eigenvalue weighted by Crippen LogP contribution is 2.29. The van der Waals surface area contributed by atoms with Gasteiger partial charge >= 0.3 is 0 Å². The molecule has 0 aromatic heterocycles. The van der Waals surface area contributed by atoms with Gasteiger partial charge in [0.2, 0.25) is 5.91 Å². The maximum atomic E-state index is 11.7. The zero-order chi connectivity index (χ0) is 12.9. The van der Waals surface area contributed by atoms with E-state index in [-0.39, 0.29) is 11.3 Å². The number of para-hydroxylation sites is 1. The van der Waals surface area contributed by atoms with E-state index in [0.29, 0.717) is 12.8 Å². The highest BCUT2D eigenvalue weighted by molar-refractivity contribution is 5.91. The van der Waals surface area contributed by atoms with Crippen molar-refractivity contribution in [2.75, 3.05) is 5.32 Å². The Morgan fingerprint density at radius 2 is 2.00 bits per heavy atom. The molecule has 0 heterocycles. The number of anilines is 1. The fraction of sp³-hybridized carbons (Fsp3) is 0.400. The smallest absolute Gasteiger partial charge is 0.224 e. The Hall–Kier alpha value is -1.57. The van der Waals surface area contributed by atoms with Crippen LogP contribution in [0.15, 0.2) is 36.9 Å². The van der Waals surface area contributed by atoms with Gasteiger partial charge in [0.05, 0.1) is 0 Å². The van der Waals surface area contributed by atoms with Gasteiger partial charge in [-0.05, 0) is 23.5 Å². The lowest BCUT2D eigenvalue weighted by atomic mass is 9.86. The average Bonchev–Trinajstić information content (AvgIpc) is 2.25. The highest BCUT2D eigenvalue weighted by Gasteiger charge is 2.18. The lowest BCUT2D eigenvalue weighted by Gasteiger charge is -2.22. The van der Waals surface area contributed by atoms with Crippen molar-refractivity contribution in [3.63, 3.8) is 0 Å². The molecule has 0 saturated carbocycles. The van der Waals surface area contributed by atoms with E-state index in [4.69, 9.17) is 0 Å². The second-order valence-electron chi connectivity index (χ2n) is 5.17. The van der Waals surface area contributed by atoms with Crippen LogP contribution in [-0.4, -0.2) is 5.91 Å². The summed E-state index contributed by atoms with van der Waals surface area (Å²) in [5, 5.41) is 2.97. The first-order chi connectivity index (χ1) is 7.95. The number of hydrogen-bond donors (Lipinski definition) is 1. The molecule has 0 aliphatic carbocycles. The van der Waals surface area contributed by atoms with Crippen molar-refractivity contribution in [3.8, 4) is 0 Å². The van der Waals surface area contributed by atoms with Gasteiger partial charge < -0.3 is 5.32 Å². The molecule has 92 valence electrons. The summed E-state index contributed by atoms with van der Waals surface area (Å²) in [6.45, 7) is 10.0. The zero-order valence-corrected chi connectivity index (χ0v) is 10.9. The van der Waals surface area contributed by atoms with E-state index in [1.54, 1.807) is 6.08 Å². The lowest BCUT2D eigenvalue weighted by Crippen LogP contribution is -2.18. The molecule has 1 N–H and O–H groups in total. The normalized spacial score (nSPS) is 11.0. The summed E-state index contributed by atoms with van der Waals surface area (Å²) in [6, 6.07) is 7.95. The fourth-order valence-corrected chi connectivity index (χ4v) is 1.69. The summed E-state index contributed by atoms with van der Waals surface area (Å²) in [4.78, 5) is 11.7. The molecule has 0 radical (unpaired) electrons. The summed E-state index contributed by atoms with van der Waals surface area (Å²) < 4.78 is 0. The van der Waals surface area contributed by atoms with Crippen molar-refractivity contribution in [3.05, 3.63) is 42.5 Å². The third-order valence-corrected chi connectivity index (χ3v) is 2.58. The van der Waals surface area contributed by atoms with E-state index in [1.165, 1.54) is 0 Å². The monoisotopic (exact) mass is 231 g/mol. The maximum absolute atomic E-state index is 11.7. The van der Waals surface area contributed by atoms with Crippen molar-refractivity contribution < 1.29 is 4.79 Å². The first-order valence-corrected chi connectivity index (χ1v) is 5.95. The molecule has 0 atom stereocenters. The third-order valence-electron chi connectivity index (χ3n) is 2.58. The van der Waals surface area contributed by atoms with Gasteiger partial charge in [0.1, 0.15) is 0 Å². The Labute approximate surface area is 104 Å². The quantitative estimate of drug-likeness (QED) is 0.783. The molecule has 1 aromatic rings. The zero-order valence-electron chi connectivity index (χ0n) is 10.9. The first-order valence-electron chi connectivity index (χ1n) is 5.95. The molecule has 0 spiro atoms. The number of nitrogens with one attached hydrogen (secondary N) is 1. The molecule has 0 saturated heterocycles. The highest BCUT2D eigenvalue weighted by atomic mass is 16.1. The van der Waals surface area contributed by atoms with E-state index in [1.807, 2.05) is 18.2 Å². The Morgan fingerprint density at radius 1 is 1.35 bits per heavy atom. The largest absolute Gasteiger partial charge is 0.326 e. The van der Waals surface area contributed by atoms with Crippen LogP contribution in [0.3, 0.4) is 0 Å². The number of benzene rings is 1. The van der Waals surface area contributed by atoms with Gasteiger partial charge in [-0.15, -0.1) is 6.58 Å². The number of allylic oxidation sites excluding steroid dienone is 1. The molecular formula is C15H21NO. The fourth-order valence-electron chi connectivity index (χ4n) is 1.69. The maximum Gasteiger partial charge on any atom is 0.224 e. The second-order valence-corrected chi connectivity index (χ2v) is 5.17. The van der Waals surface area contributed by atoms with Crippen LogP contribution in [0.4, 0.5) is 5.69 Å². The first kappa shape index (κ1) is 13.5. The summed E-state index contributed by atoms with van der Waals surface area (Å²) in [5.74, 6) is 0.0431. The number of rotatable bonds is 4. The van der Waals surface area contributed by atoms with Crippen LogP contribution >= 0.6 is 0 Å². The predicted molar refractivity (Wildman–Crippen MR) is 73.2 cm³/mol. The number of amides is 1. The SMILES string of the molecule is C=CCCC(=O)Nc1ccccc1C(C)(C)C. The van der Waals surface area contributed by atoms with Crippen molar-refractivity contribution in [2.24, 2.45) is 0 Å². The summed E-state index contributed by atoms with van der Waals surface area (Å²) in [5.41, 5.74) is 2.10. The Bertz CT molecular complexity index is 402. The molecule has 1 rings (SSSR count). The van der Waals surface area contributed by atoms with Gasteiger partial charge in [-0.2, -0.15) is 0 Å². The molecule has 2 heteroatoms. The van der Waals surface area contributed by atoms with Crippen LogP contribution in [0, 0.1) is 0 Å². The number of hydrogen-bond acceptors (Lipinski definition) is 1. The van der Waals surface area contributed by atoms with Crippen LogP contribution in [0.5, 0.6) is 0 Å². The minimum Gasteiger partial charge on any atom is -0.326 e. The Morgan fingerprint density at radius 3 is 2.59 bits per heavy atom. The van der Waals surface area contributed by atoms with Gasteiger partial charge in [0.15, 0.2) is 0 Å². The van der Waals surface area contributed by atoms with Gasteiger partial charge in [-0.25, -0.2) is 0 Å². The molecule has 0 fully saturated rings. The minimum absolute atomic E-state index is 0.0301. The van der Waals surface area contributed by atoms with Gasteiger partial charge in [0.25, 0.3) is 0 Å². The van der Waals surface area contributed by atoms with Crippen LogP contribution < -0.4 is 5.32 Å². The van der Waals surface area contributed by atoms with Crippen molar-refractivity contribution in [1.29, 1.82) is 0 Å². The predicted octanol–water partition coefficient (Wildman–Crippen LogP) is 3.89. The van der Waals surface area contributed by atoms with Crippen molar-refractivity contribution in [2.45, 2.75) is 39.0 Å². The van der Waals surface area contributed by atoms with Gasteiger partial charge in [-0.1, -0.05) is 45.0 Å². The molecule has 2 nitrogen and oxygen atoms in total. The number of carbonyl (C=O) groups is 1. The minimum atomic E-state index is 0.0301. The molecule has 0 aliphatic heterocycles. The Kier molecular flexibility index (Phi) is 4.50. The molecule has 0 aliphatic rings. The summed E-state index contributed by atoms with van der Waals surface area (Å²) in [6.07, 6.45) is 2.96.